The predicted molar refractivity (Wildman–Crippen MR) is 115 cm³/mol. The third-order valence-electron chi connectivity index (χ3n) is 5.05. The molecule has 1 aromatic carbocycles. The van der Waals surface area contributed by atoms with Crippen LogP contribution in [0.25, 0.3) is 22.3 Å². The molecule has 0 bridgehead atoms. The molecule has 1 fully saturated rings. The minimum atomic E-state index is -0.559. The Balaban J connectivity index is 1.68. The van der Waals surface area contributed by atoms with Crippen molar-refractivity contribution in [1.82, 2.24) is 19.9 Å². The van der Waals surface area contributed by atoms with Crippen LogP contribution in [0.5, 0.6) is 0 Å². The summed E-state index contributed by atoms with van der Waals surface area (Å²) in [5.41, 5.74) is 15.2. The highest BCUT2D eigenvalue weighted by atomic mass is 16.5. The molecule has 0 spiro atoms. The second-order valence-electron chi connectivity index (χ2n) is 7.14. The topological polar surface area (TPSA) is 132 Å². The zero-order chi connectivity index (χ0) is 20.9. The highest BCUT2D eigenvalue weighted by molar-refractivity contribution is 6.06. The molecular formula is C21H25N7O2. The van der Waals surface area contributed by atoms with E-state index in [1.807, 2.05) is 12.1 Å². The molecular weight excluding hydrogens is 382 g/mol. The molecule has 0 unspecified atom stereocenters. The number of benzene rings is 1. The molecule has 2 aromatic heterocycles. The Kier molecular flexibility index (Phi) is 6.12. The van der Waals surface area contributed by atoms with Crippen LogP contribution >= 0.6 is 0 Å². The van der Waals surface area contributed by atoms with E-state index in [0.29, 0.717) is 41.2 Å². The highest BCUT2D eigenvalue weighted by Gasteiger charge is 2.16. The molecule has 0 atom stereocenters. The lowest BCUT2D eigenvalue weighted by Crippen LogP contribution is -2.35. The fraction of sp³-hybridized carbons (Fsp3) is 0.333. The van der Waals surface area contributed by atoms with Crippen molar-refractivity contribution in [2.75, 3.05) is 44.7 Å². The number of ether oxygens (including phenoxy) is 1. The molecule has 5 N–H and O–H groups in total. The number of fused-ring (bicyclic) bond motifs is 1. The number of aromatic nitrogens is 3. The normalized spacial score (nSPS) is 14.7. The van der Waals surface area contributed by atoms with E-state index in [2.05, 4.69) is 32.3 Å². The fourth-order valence-electron chi connectivity index (χ4n) is 3.49. The first-order valence-electron chi connectivity index (χ1n) is 9.94. The molecule has 1 aliphatic heterocycles. The van der Waals surface area contributed by atoms with E-state index >= 15 is 0 Å². The number of carbonyl (C=O) groups is 1. The van der Waals surface area contributed by atoms with Crippen molar-refractivity contribution < 1.29 is 9.53 Å². The van der Waals surface area contributed by atoms with E-state index in [0.717, 1.165) is 38.4 Å². The van der Waals surface area contributed by atoms with Gasteiger partial charge in [0.15, 0.2) is 5.82 Å². The van der Waals surface area contributed by atoms with Crippen molar-refractivity contribution in [2.45, 2.75) is 6.54 Å². The molecule has 156 valence electrons. The second kappa shape index (κ2) is 9.12. The average molecular weight is 407 g/mol. The zero-order valence-electron chi connectivity index (χ0n) is 16.7. The van der Waals surface area contributed by atoms with Gasteiger partial charge in [0.1, 0.15) is 17.4 Å². The van der Waals surface area contributed by atoms with Gasteiger partial charge >= 0.3 is 0 Å². The second-order valence-corrected chi connectivity index (χ2v) is 7.14. The number of amides is 1. The maximum Gasteiger partial charge on any atom is 0.251 e. The summed E-state index contributed by atoms with van der Waals surface area (Å²) in [6, 6.07) is 9.85. The zero-order valence-corrected chi connectivity index (χ0v) is 16.7. The van der Waals surface area contributed by atoms with Crippen molar-refractivity contribution in [1.29, 1.82) is 0 Å². The van der Waals surface area contributed by atoms with Gasteiger partial charge in [-0.25, -0.2) is 15.0 Å². The number of hydrogen-bond acceptors (Lipinski definition) is 8. The Morgan fingerprint density at radius 3 is 2.60 bits per heavy atom. The average Bonchev–Trinajstić information content (AvgIpc) is 2.78. The van der Waals surface area contributed by atoms with Crippen LogP contribution in [0.4, 0.5) is 5.82 Å². The van der Waals surface area contributed by atoms with Gasteiger partial charge in [-0.15, -0.1) is 0 Å². The number of primary amides is 1. The fourth-order valence-corrected chi connectivity index (χ4v) is 3.49. The van der Waals surface area contributed by atoms with Crippen molar-refractivity contribution in [2.24, 2.45) is 11.5 Å². The molecule has 0 aliphatic carbocycles. The number of carbonyl (C=O) groups excluding carboxylic acids is 1. The van der Waals surface area contributed by atoms with Gasteiger partial charge in [0, 0.05) is 38.3 Å². The van der Waals surface area contributed by atoms with Crippen molar-refractivity contribution in [3.05, 3.63) is 47.8 Å². The third-order valence-corrected chi connectivity index (χ3v) is 5.05. The molecule has 1 amide bonds. The minimum Gasteiger partial charge on any atom is -0.379 e. The molecule has 1 saturated heterocycles. The number of morpholine rings is 1. The van der Waals surface area contributed by atoms with Crippen LogP contribution in [0.1, 0.15) is 15.9 Å². The summed E-state index contributed by atoms with van der Waals surface area (Å²) in [5.74, 6) is -0.0326. The number of hydrogen-bond donors (Lipinski definition) is 3. The lowest BCUT2D eigenvalue weighted by Gasteiger charge is -2.26. The smallest absolute Gasteiger partial charge is 0.251 e. The first-order chi connectivity index (χ1) is 14.7. The van der Waals surface area contributed by atoms with Gasteiger partial charge in [0.2, 0.25) is 0 Å². The van der Waals surface area contributed by atoms with E-state index in [9.17, 15) is 4.79 Å². The predicted octanol–water partition coefficient (Wildman–Crippen LogP) is 0.994. The van der Waals surface area contributed by atoms with Crippen molar-refractivity contribution in [3.8, 4) is 11.3 Å². The van der Waals surface area contributed by atoms with Crippen LogP contribution < -0.4 is 16.8 Å². The van der Waals surface area contributed by atoms with Gasteiger partial charge in [-0.2, -0.15) is 0 Å². The molecule has 3 aromatic rings. The number of rotatable bonds is 7. The molecule has 9 nitrogen and oxygen atoms in total. The summed E-state index contributed by atoms with van der Waals surface area (Å²) in [4.78, 5) is 27.6. The van der Waals surface area contributed by atoms with E-state index in [1.165, 1.54) is 11.9 Å². The summed E-state index contributed by atoms with van der Waals surface area (Å²) in [5, 5.41) is 3.13. The van der Waals surface area contributed by atoms with Crippen LogP contribution in [-0.2, 0) is 11.3 Å². The highest BCUT2D eigenvalue weighted by Crippen LogP contribution is 2.27. The van der Waals surface area contributed by atoms with Gasteiger partial charge in [-0.05, 0) is 11.6 Å². The number of nitrogens with two attached hydrogens (primary N) is 2. The summed E-state index contributed by atoms with van der Waals surface area (Å²) >= 11 is 0. The Morgan fingerprint density at radius 1 is 1.13 bits per heavy atom. The summed E-state index contributed by atoms with van der Waals surface area (Å²) in [7, 11) is 0. The first-order valence-corrected chi connectivity index (χ1v) is 9.94. The lowest BCUT2D eigenvalue weighted by atomic mass is 10.0. The van der Waals surface area contributed by atoms with E-state index in [-0.39, 0.29) is 0 Å². The van der Waals surface area contributed by atoms with Crippen LogP contribution in [0.15, 0.2) is 36.7 Å². The monoisotopic (exact) mass is 407 g/mol. The van der Waals surface area contributed by atoms with Gasteiger partial charge < -0.3 is 21.5 Å². The van der Waals surface area contributed by atoms with Gasteiger partial charge in [0.05, 0.1) is 24.5 Å². The standard InChI is InChI=1S/C21H25N7O2/c22-5-6-24-21-19-18(25-13-26-21)16(20(23)29)11-17(27-19)15-3-1-14(2-4-15)12-28-7-9-30-10-8-28/h1-4,11,13H,5-10,12,22H2,(H2,23,29)(H,24,25,26). The molecule has 1 aliphatic rings. The van der Waals surface area contributed by atoms with Gasteiger partial charge in [-0.1, -0.05) is 24.3 Å². The van der Waals surface area contributed by atoms with Crippen LogP contribution in [0.2, 0.25) is 0 Å². The molecule has 9 heteroatoms. The minimum absolute atomic E-state index is 0.311. The van der Waals surface area contributed by atoms with Crippen LogP contribution in [0, 0.1) is 0 Å². The van der Waals surface area contributed by atoms with Gasteiger partial charge in [-0.3, -0.25) is 9.69 Å². The van der Waals surface area contributed by atoms with Crippen LogP contribution in [0.3, 0.4) is 0 Å². The maximum atomic E-state index is 12.1. The third kappa shape index (κ3) is 4.38. The molecule has 30 heavy (non-hydrogen) atoms. The van der Waals surface area contributed by atoms with Crippen LogP contribution in [-0.4, -0.2) is 65.2 Å². The Hall–Kier alpha value is -3.14. The maximum absolute atomic E-state index is 12.1. The molecule has 3 heterocycles. The van der Waals surface area contributed by atoms with Crippen molar-refractivity contribution in [3.63, 3.8) is 0 Å². The Labute approximate surface area is 174 Å². The summed E-state index contributed by atoms with van der Waals surface area (Å²) < 4.78 is 5.40. The van der Waals surface area contributed by atoms with E-state index < -0.39 is 5.91 Å². The lowest BCUT2D eigenvalue weighted by molar-refractivity contribution is 0.0342. The molecule has 0 saturated carbocycles. The summed E-state index contributed by atoms with van der Waals surface area (Å²) in [6.45, 7) is 5.28. The number of nitrogens with zero attached hydrogens (tertiary/aromatic N) is 4. The molecule has 0 radical (unpaired) electrons. The number of pyridine rings is 1. The number of nitrogens with one attached hydrogen (secondary N) is 1. The van der Waals surface area contributed by atoms with Crippen molar-refractivity contribution >= 4 is 22.8 Å². The largest absolute Gasteiger partial charge is 0.379 e. The SMILES string of the molecule is NCCNc1ncnc2c(C(N)=O)cc(-c3ccc(CN4CCOCC4)cc3)nc12. The first kappa shape index (κ1) is 20.1. The van der Waals surface area contributed by atoms with E-state index in [1.54, 1.807) is 6.07 Å². The quantitative estimate of drug-likeness (QED) is 0.528. The molecule has 4 rings (SSSR count). The van der Waals surface area contributed by atoms with E-state index in [4.69, 9.17) is 21.2 Å². The van der Waals surface area contributed by atoms with Gasteiger partial charge in [0.25, 0.3) is 5.91 Å². The Morgan fingerprint density at radius 2 is 1.90 bits per heavy atom. The Bertz CT molecular complexity index is 1030. The number of anilines is 1. The summed E-state index contributed by atoms with van der Waals surface area (Å²) in [6.07, 6.45) is 1.38.